The smallest absolute Gasteiger partial charge is 0.264 e. The summed E-state index contributed by atoms with van der Waals surface area (Å²) in [6, 6.07) is 8.62. The van der Waals surface area contributed by atoms with Crippen LogP contribution in [-0.4, -0.2) is 65.8 Å². The first kappa shape index (κ1) is 35.8. The normalized spacial score (nSPS) is 11.3. The minimum Gasteiger partial charge on any atom is -0.478 e. The van der Waals surface area contributed by atoms with Crippen molar-refractivity contribution >= 4 is 78.1 Å². The van der Waals surface area contributed by atoms with Gasteiger partial charge < -0.3 is 9.47 Å². The van der Waals surface area contributed by atoms with Crippen LogP contribution in [0.2, 0.25) is 20.1 Å². The lowest BCUT2D eigenvalue weighted by atomic mass is 10.4. The first-order valence-corrected chi connectivity index (χ1v) is 17.3. The summed E-state index contributed by atoms with van der Waals surface area (Å²) in [4.78, 5) is 19.8. The molecule has 0 atom stereocenters. The Bertz CT molecular complexity index is 2110. The van der Waals surface area contributed by atoms with Crippen LogP contribution in [-0.2, 0) is 26.6 Å². The number of nitrogens with one attached hydrogen (secondary N) is 2. The highest BCUT2D eigenvalue weighted by Crippen LogP contribution is 2.32. The number of sulfonamides is 2. The molecule has 2 aromatic carbocycles. The summed E-state index contributed by atoms with van der Waals surface area (Å²) in [6.07, 6.45) is 5.78. The molecule has 3 heterocycles. The van der Waals surface area contributed by atoms with E-state index in [0.29, 0.717) is 17.9 Å². The van der Waals surface area contributed by atoms with E-state index in [0.717, 1.165) is 0 Å². The fourth-order valence-corrected chi connectivity index (χ4v) is 7.14. The summed E-state index contributed by atoms with van der Waals surface area (Å²) >= 11 is 23.6. The molecule has 0 fully saturated rings. The van der Waals surface area contributed by atoms with Crippen LogP contribution in [0.3, 0.4) is 0 Å². The van der Waals surface area contributed by atoms with Gasteiger partial charge in [0.1, 0.15) is 22.4 Å². The number of hydrogen-bond donors (Lipinski definition) is 2. The summed E-state index contributed by atoms with van der Waals surface area (Å²) in [6.45, 7) is 1.98. The van der Waals surface area contributed by atoms with Gasteiger partial charge in [0.15, 0.2) is 0 Å². The second-order valence-electron chi connectivity index (χ2n) is 9.00. The van der Waals surface area contributed by atoms with Gasteiger partial charge in [-0.25, -0.2) is 46.4 Å². The van der Waals surface area contributed by atoms with Crippen LogP contribution in [0.1, 0.15) is 11.4 Å². The standard InChI is InChI=1S/C14H12Cl2N6O3S.C12H11Cl2N3O3S/c1-25-14-13(18-5-9(20-14)6-22-8-17-7-19-22)21-26(23,24)11-4-2-3-10(15)12(11)16;1-7-6-15-12(20-2)11(16-7)17-21(18,19)9-5-3-4-8(13)10(9)14/h2-5,7-8H,6H2,1H3,(H,18,21);3-6H,1-2H3,(H,16,17). The number of nitrogens with zero attached hydrogens (tertiary/aromatic N) is 7. The number of hydrogen-bond acceptors (Lipinski definition) is 12. The van der Waals surface area contributed by atoms with Crippen LogP contribution in [0.25, 0.3) is 0 Å². The molecule has 21 heteroatoms. The lowest BCUT2D eigenvalue weighted by Gasteiger charge is -2.12. The number of aryl methyl sites for hydroxylation is 1. The van der Waals surface area contributed by atoms with E-state index in [-0.39, 0.29) is 53.3 Å². The van der Waals surface area contributed by atoms with Gasteiger partial charge in [-0.1, -0.05) is 58.5 Å². The maximum Gasteiger partial charge on any atom is 0.264 e. The Morgan fingerprint density at radius 2 is 1.34 bits per heavy atom. The van der Waals surface area contributed by atoms with E-state index in [2.05, 4.69) is 39.5 Å². The molecule has 15 nitrogen and oxygen atoms in total. The van der Waals surface area contributed by atoms with Gasteiger partial charge in [0.2, 0.25) is 11.6 Å². The van der Waals surface area contributed by atoms with Crippen molar-refractivity contribution in [3.05, 3.63) is 92.9 Å². The van der Waals surface area contributed by atoms with Crippen molar-refractivity contribution in [3.63, 3.8) is 0 Å². The van der Waals surface area contributed by atoms with Gasteiger partial charge in [-0.05, 0) is 31.2 Å². The third-order valence-electron chi connectivity index (χ3n) is 5.70. The van der Waals surface area contributed by atoms with Gasteiger partial charge in [-0.2, -0.15) is 5.10 Å². The van der Waals surface area contributed by atoms with E-state index in [9.17, 15) is 16.8 Å². The van der Waals surface area contributed by atoms with Crippen LogP contribution in [0, 0.1) is 6.92 Å². The average Bonchev–Trinajstić information content (AvgIpc) is 3.53. The number of methoxy groups -OCH3 is 2. The van der Waals surface area contributed by atoms with Crippen LogP contribution in [0.5, 0.6) is 11.8 Å². The van der Waals surface area contributed by atoms with Gasteiger partial charge in [-0.15, -0.1) is 0 Å². The molecule has 0 saturated carbocycles. The molecule has 47 heavy (non-hydrogen) atoms. The van der Waals surface area contributed by atoms with E-state index in [1.54, 1.807) is 11.6 Å². The van der Waals surface area contributed by atoms with Crippen molar-refractivity contribution in [1.29, 1.82) is 0 Å². The second-order valence-corrected chi connectivity index (χ2v) is 13.9. The van der Waals surface area contributed by atoms with E-state index in [1.807, 2.05) is 0 Å². The molecule has 0 saturated heterocycles. The summed E-state index contributed by atoms with van der Waals surface area (Å²) in [7, 11) is -5.28. The molecule has 2 N–H and O–H groups in total. The monoisotopic (exact) mass is 761 g/mol. The topological polar surface area (TPSA) is 193 Å². The van der Waals surface area contributed by atoms with Crippen molar-refractivity contribution in [2.45, 2.75) is 23.3 Å². The molecular formula is C26H23Cl4N9O6S2. The molecule has 0 aliphatic rings. The zero-order chi connectivity index (χ0) is 34.4. The van der Waals surface area contributed by atoms with Crippen LogP contribution >= 0.6 is 46.4 Å². The molecule has 0 bridgehead atoms. The largest absolute Gasteiger partial charge is 0.478 e. The Balaban J connectivity index is 0.000000218. The predicted octanol–water partition coefficient (Wildman–Crippen LogP) is 5.13. The van der Waals surface area contributed by atoms with Gasteiger partial charge in [0.05, 0.1) is 64.6 Å². The molecule has 0 radical (unpaired) electrons. The van der Waals surface area contributed by atoms with Crippen molar-refractivity contribution in [2.24, 2.45) is 0 Å². The minimum atomic E-state index is -4.04. The SMILES string of the molecule is COc1nc(Cn2cncn2)cnc1NS(=O)(=O)c1cccc(Cl)c1Cl.COc1ncc(C)nc1NS(=O)(=O)c1cccc(Cl)c1Cl. The molecular weight excluding hydrogens is 740 g/mol. The molecule has 0 amide bonds. The number of halogens is 4. The Morgan fingerprint density at radius 3 is 1.87 bits per heavy atom. The Hall–Kier alpha value is -4.00. The van der Waals surface area contributed by atoms with Gasteiger partial charge in [-0.3, -0.25) is 9.44 Å². The van der Waals surface area contributed by atoms with Crippen LogP contribution in [0.4, 0.5) is 11.6 Å². The lowest BCUT2D eigenvalue weighted by molar-refractivity contribution is 0.395. The fraction of sp³-hybridized carbons (Fsp3) is 0.154. The lowest BCUT2D eigenvalue weighted by Crippen LogP contribution is -2.16. The highest BCUT2D eigenvalue weighted by molar-refractivity contribution is 7.93. The van der Waals surface area contributed by atoms with E-state index in [4.69, 9.17) is 55.9 Å². The fourth-order valence-electron chi connectivity index (χ4n) is 3.61. The van der Waals surface area contributed by atoms with E-state index < -0.39 is 20.0 Å². The molecule has 0 aliphatic carbocycles. The molecule has 5 rings (SSSR count). The van der Waals surface area contributed by atoms with Gasteiger partial charge in [0.25, 0.3) is 31.8 Å². The number of aromatic nitrogens is 7. The second kappa shape index (κ2) is 15.3. The summed E-state index contributed by atoms with van der Waals surface area (Å²) in [5, 5.41) is 4.08. The van der Waals surface area contributed by atoms with Crippen molar-refractivity contribution in [2.75, 3.05) is 23.7 Å². The van der Waals surface area contributed by atoms with E-state index in [1.165, 1.54) is 75.7 Å². The predicted molar refractivity (Wildman–Crippen MR) is 176 cm³/mol. The van der Waals surface area contributed by atoms with Crippen molar-refractivity contribution in [3.8, 4) is 11.8 Å². The summed E-state index contributed by atoms with van der Waals surface area (Å²) in [5.41, 5.74) is 1.04. The first-order valence-electron chi connectivity index (χ1n) is 12.8. The third-order valence-corrected chi connectivity index (χ3v) is 10.3. The number of rotatable bonds is 10. The van der Waals surface area contributed by atoms with Gasteiger partial charge >= 0.3 is 0 Å². The maximum atomic E-state index is 12.6. The molecule has 3 aromatic heterocycles. The molecule has 5 aromatic rings. The molecule has 248 valence electrons. The Kier molecular flexibility index (Phi) is 11.6. The number of anilines is 2. The highest BCUT2D eigenvalue weighted by atomic mass is 35.5. The van der Waals surface area contributed by atoms with Crippen molar-refractivity contribution in [1.82, 2.24) is 34.7 Å². The Labute approximate surface area is 289 Å². The molecule has 0 unspecified atom stereocenters. The number of ether oxygens (including phenoxy) is 2. The van der Waals surface area contributed by atoms with Crippen LogP contribution in [0.15, 0.2) is 71.2 Å². The maximum absolute atomic E-state index is 12.6. The third kappa shape index (κ3) is 8.88. The quantitative estimate of drug-likeness (QED) is 0.191. The molecule has 0 spiro atoms. The van der Waals surface area contributed by atoms with Crippen molar-refractivity contribution < 1.29 is 26.3 Å². The summed E-state index contributed by atoms with van der Waals surface area (Å²) < 4.78 is 66.2. The molecule has 0 aliphatic heterocycles. The average molecular weight is 763 g/mol. The first-order chi connectivity index (χ1) is 22.3. The minimum absolute atomic E-state index is 0.00402. The van der Waals surface area contributed by atoms with E-state index >= 15 is 0 Å². The zero-order valence-electron chi connectivity index (χ0n) is 24.4. The number of benzene rings is 2. The van der Waals surface area contributed by atoms with Gasteiger partial charge in [0, 0.05) is 0 Å². The van der Waals surface area contributed by atoms with Crippen LogP contribution < -0.4 is 18.9 Å². The Morgan fingerprint density at radius 1 is 0.766 bits per heavy atom. The zero-order valence-corrected chi connectivity index (χ0v) is 29.0. The summed E-state index contributed by atoms with van der Waals surface area (Å²) in [5.74, 6) is -0.0360. The highest BCUT2D eigenvalue weighted by Gasteiger charge is 2.24.